The summed E-state index contributed by atoms with van der Waals surface area (Å²) in [6.07, 6.45) is 5.26. The molecule has 0 radical (unpaired) electrons. The highest BCUT2D eigenvalue weighted by Gasteiger charge is 1.82. The Morgan fingerprint density at radius 2 is 2.44 bits per heavy atom. The third-order valence-electron chi connectivity index (χ3n) is 0.863. The van der Waals surface area contributed by atoms with Gasteiger partial charge in [0, 0.05) is 19.8 Å². The molecular weight excluding hydrogens is 112 g/mol. The topological polar surface area (TPSA) is 38.4 Å². The molecule has 0 spiro atoms. The van der Waals surface area contributed by atoms with Gasteiger partial charge in [-0.15, -0.1) is 0 Å². The molecule has 2 heteroatoms. The van der Waals surface area contributed by atoms with Crippen LogP contribution >= 0.6 is 0 Å². The van der Waals surface area contributed by atoms with Gasteiger partial charge in [0.25, 0.3) is 0 Å². The predicted molar refractivity (Wildman–Crippen MR) is 41.8 cm³/mol. The lowest BCUT2D eigenvalue weighted by Crippen LogP contribution is -2.03. The van der Waals surface area contributed by atoms with Crippen LogP contribution in [0.5, 0.6) is 0 Å². The second-order valence-electron chi connectivity index (χ2n) is 1.57. The molecule has 0 aliphatic heterocycles. The number of aliphatic imine (C=N–C) groups is 1. The Balaban J connectivity index is 3.96. The van der Waals surface area contributed by atoms with E-state index in [0.717, 1.165) is 5.57 Å². The Hall–Kier alpha value is -0.890. The number of hydrogen-bond donors (Lipinski definition) is 1. The monoisotopic (exact) mass is 124 g/mol. The zero-order valence-electron chi connectivity index (χ0n) is 5.67. The van der Waals surface area contributed by atoms with Crippen molar-refractivity contribution in [1.29, 1.82) is 0 Å². The Labute approximate surface area is 55.8 Å². The first-order valence-electron chi connectivity index (χ1n) is 2.79. The van der Waals surface area contributed by atoms with Crippen molar-refractivity contribution in [3.8, 4) is 0 Å². The zero-order valence-corrected chi connectivity index (χ0v) is 5.67. The van der Waals surface area contributed by atoms with E-state index in [2.05, 4.69) is 11.6 Å². The summed E-state index contributed by atoms with van der Waals surface area (Å²) in [5.74, 6) is 0. The maximum Gasteiger partial charge on any atom is 0.0277 e. The molecule has 0 heterocycles. The minimum absolute atomic E-state index is 0.517. The van der Waals surface area contributed by atoms with Gasteiger partial charge in [0.15, 0.2) is 0 Å². The van der Waals surface area contributed by atoms with Crippen LogP contribution in [0.4, 0.5) is 0 Å². The molecule has 0 aliphatic rings. The van der Waals surface area contributed by atoms with Crippen molar-refractivity contribution in [3.05, 3.63) is 24.3 Å². The highest BCUT2D eigenvalue weighted by molar-refractivity contribution is 5.79. The molecular formula is C7H12N2. The fourth-order valence-electron chi connectivity index (χ4n) is 0.481. The molecule has 0 bridgehead atoms. The van der Waals surface area contributed by atoms with Gasteiger partial charge in [-0.1, -0.05) is 18.7 Å². The van der Waals surface area contributed by atoms with E-state index >= 15 is 0 Å². The van der Waals surface area contributed by atoms with E-state index in [1.54, 1.807) is 19.3 Å². The van der Waals surface area contributed by atoms with Gasteiger partial charge in [0.05, 0.1) is 0 Å². The van der Waals surface area contributed by atoms with Crippen molar-refractivity contribution in [2.75, 3.05) is 13.6 Å². The number of hydrogen-bond acceptors (Lipinski definition) is 2. The van der Waals surface area contributed by atoms with Gasteiger partial charge in [-0.05, 0) is 5.57 Å². The maximum atomic E-state index is 5.34. The molecule has 2 nitrogen and oxygen atoms in total. The third kappa shape index (κ3) is 3.67. The van der Waals surface area contributed by atoms with Crippen LogP contribution in [0, 0.1) is 0 Å². The molecule has 0 atom stereocenters. The van der Waals surface area contributed by atoms with Gasteiger partial charge in [0.2, 0.25) is 0 Å². The zero-order chi connectivity index (χ0) is 7.11. The lowest BCUT2D eigenvalue weighted by atomic mass is 10.3. The molecule has 50 valence electrons. The van der Waals surface area contributed by atoms with Gasteiger partial charge in [-0.3, -0.25) is 4.99 Å². The van der Waals surface area contributed by atoms with E-state index in [1.165, 1.54) is 0 Å². The van der Waals surface area contributed by atoms with Crippen LogP contribution < -0.4 is 5.73 Å². The van der Waals surface area contributed by atoms with Crippen molar-refractivity contribution in [1.82, 2.24) is 0 Å². The van der Waals surface area contributed by atoms with E-state index in [1.807, 2.05) is 6.08 Å². The molecule has 0 aromatic carbocycles. The smallest absolute Gasteiger partial charge is 0.0277 e. The minimum atomic E-state index is 0.517. The molecule has 0 saturated carbocycles. The lowest BCUT2D eigenvalue weighted by Gasteiger charge is -1.90. The molecule has 0 saturated heterocycles. The van der Waals surface area contributed by atoms with Crippen molar-refractivity contribution in [2.24, 2.45) is 10.7 Å². The van der Waals surface area contributed by atoms with Crippen LogP contribution in [0.15, 0.2) is 29.3 Å². The lowest BCUT2D eigenvalue weighted by molar-refractivity contribution is 1.21. The van der Waals surface area contributed by atoms with E-state index in [4.69, 9.17) is 5.73 Å². The van der Waals surface area contributed by atoms with Crippen LogP contribution in [-0.4, -0.2) is 19.8 Å². The second kappa shape index (κ2) is 5.25. The molecule has 0 unspecified atom stereocenters. The van der Waals surface area contributed by atoms with E-state index in [-0.39, 0.29) is 0 Å². The van der Waals surface area contributed by atoms with Gasteiger partial charge in [-0.25, -0.2) is 0 Å². The Kier molecular flexibility index (Phi) is 4.73. The average Bonchev–Trinajstić information content (AvgIpc) is 1.88. The van der Waals surface area contributed by atoms with Crippen LogP contribution in [0.3, 0.4) is 0 Å². The highest BCUT2D eigenvalue weighted by atomic mass is 14.6. The fourth-order valence-corrected chi connectivity index (χ4v) is 0.481. The third-order valence-corrected chi connectivity index (χ3v) is 0.863. The summed E-state index contributed by atoms with van der Waals surface area (Å²) in [6, 6.07) is 0. The van der Waals surface area contributed by atoms with Gasteiger partial charge in [0.1, 0.15) is 0 Å². The molecule has 2 N–H and O–H groups in total. The minimum Gasteiger partial charge on any atom is -0.326 e. The summed E-state index contributed by atoms with van der Waals surface area (Å²) in [5, 5.41) is 0. The first-order chi connectivity index (χ1) is 4.35. The van der Waals surface area contributed by atoms with Gasteiger partial charge in [-0.2, -0.15) is 0 Å². The van der Waals surface area contributed by atoms with Crippen LogP contribution in [-0.2, 0) is 0 Å². The van der Waals surface area contributed by atoms with Crippen molar-refractivity contribution in [3.63, 3.8) is 0 Å². The van der Waals surface area contributed by atoms with Crippen molar-refractivity contribution < 1.29 is 0 Å². The SMILES string of the molecule is C=C/C=C(\C=N/C)CN. The van der Waals surface area contributed by atoms with Gasteiger partial charge < -0.3 is 5.73 Å². The summed E-state index contributed by atoms with van der Waals surface area (Å²) in [4.78, 5) is 3.80. The van der Waals surface area contributed by atoms with E-state index in [9.17, 15) is 0 Å². The van der Waals surface area contributed by atoms with Gasteiger partial charge >= 0.3 is 0 Å². The number of allylic oxidation sites excluding steroid dienone is 2. The first-order valence-corrected chi connectivity index (χ1v) is 2.79. The summed E-state index contributed by atoms with van der Waals surface area (Å²) in [7, 11) is 1.71. The van der Waals surface area contributed by atoms with Crippen molar-refractivity contribution >= 4 is 6.21 Å². The van der Waals surface area contributed by atoms with Crippen LogP contribution in [0.25, 0.3) is 0 Å². The molecule has 9 heavy (non-hydrogen) atoms. The number of rotatable bonds is 3. The summed E-state index contributed by atoms with van der Waals surface area (Å²) in [5.41, 5.74) is 6.33. The summed E-state index contributed by atoms with van der Waals surface area (Å²) in [6.45, 7) is 4.05. The van der Waals surface area contributed by atoms with Crippen LogP contribution in [0.2, 0.25) is 0 Å². The molecule has 0 amide bonds. The fraction of sp³-hybridized carbons (Fsp3) is 0.286. The quantitative estimate of drug-likeness (QED) is 0.437. The largest absolute Gasteiger partial charge is 0.326 e. The average molecular weight is 124 g/mol. The standard InChI is InChI=1S/C7H12N2/c1-3-4-7(5-8)6-9-2/h3-4,6H,1,5,8H2,2H3/b7-4-,9-6-. The normalized spacial score (nSPS) is 12.4. The van der Waals surface area contributed by atoms with E-state index < -0.39 is 0 Å². The van der Waals surface area contributed by atoms with Crippen LogP contribution in [0.1, 0.15) is 0 Å². The molecule has 0 aromatic heterocycles. The summed E-state index contributed by atoms with van der Waals surface area (Å²) < 4.78 is 0. The molecule has 0 aromatic rings. The predicted octanol–water partition coefficient (Wildman–Crippen LogP) is 0.758. The number of nitrogens with zero attached hydrogens (tertiary/aromatic N) is 1. The maximum absolute atomic E-state index is 5.34. The number of nitrogens with two attached hydrogens (primary N) is 1. The Morgan fingerprint density at radius 1 is 1.78 bits per heavy atom. The Bertz CT molecular complexity index is 134. The molecule has 0 rings (SSSR count). The van der Waals surface area contributed by atoms with E-state index in [0.29, 0.717) is 6.54 Å². The molecule has 0 fully saturated rings. The second-order valence-corrected chi connectivity index (χ2v) is 1.57. The Morgan fingerprint density at radius 3 is 2.78 bits per heavy atom. The molecule has 0 aliphatic carbocycles. The van der Waals surface area contributed by atoms with Crippen molar-refractivity contribution in [2.45, 2.75) is 0 Å². The highest BCUT2D eigenvalue weighted by Crippen LogP contribution is 1.85. The first kappa shape index (κ1) is 8.11. The summed E-state index contributed by atoms with van der Waals surface area (Å²) >= 11 is 0.